The van der Waals surface area contributed by atoms with Crippen molar-refractivity contribution < 1.29 is 4.74 Å². The minimum Gasteiger partial charge on any atom is -0.484 e. The minimum absolute atomic E-state index is 0.0863. The van der Waals surface area contributed by atoms with Crippen molar-refractivity contribution in [2.24, 2.45) is 10.9 Å². The van der Waals surface area contributed by atoms with Gasteiger partial charge in [0.2, 0.25) is 0 Å². The molecule has 0 spiro atoms. The van der Waals surface area contributed by atoms with Gasteiger partial charge in [-0.25, -0.2) is 4.99 Å². The first-order chi connectivity index (χ1) is 5.03. The second-order valence-electron chi connectivity index (χ2n) is 4.04. The largest absolute Gasteiger partial charge is 0.484 e. The van der Waals surface area contributed by atoms with Crippen LogP contribution in [0.15, 0.2) is 4.99 Å². The zero-order chi connectivity index (χ0) is 8.48. The van der Waals surface area contributed by atoms with E-state index in [0.29, 0.717) is 5.92 Å². The van der Waals surface area contributed by atoms with E-state index in [0.717, 1.165) is 12.3 Å². The van der Waals surface area contributed by atoms with Gasteiger partial charge in [-0.15, -0.1) is 0 Å². The summed E-state index contributed by atoms with van der Waals surface area (Å²) < 4.78 is 5.15. The lowest BCUT2D eigenvalue weighted by Crippen LogP contribution is -2.29. The van der Waals surface area contributed by atoms with Gasteiger partial charge in [0, 0.05) is 6.42 Å². The van der Waals surface area contributed by atoms with Crippen LogP contribution in [-0.4, -0.2) is 18.5 Å². The molecular weight excluding hydrogens is 138 g/mol. The van der Waals surface area contributed by atoms with E-state index in [1.807, 2.05) is 0 Å². The molecule has 0 fully saturated rings. The zero-order valence-corrected chi connectivity index (χ0v) is 7.85. The van der Waals surface area contributed by atoms with Crippen molar-refractivity contribution in [1.29, 1.82) is 0 Å². The molecule has 0 radical (unpaired) electrons. The molecule has 1 rings (SSSR count). The van der Waals surface area contributed by atoms with E-state index < -0.39 is 0 Å². The Labute approximate surface area is 68.7 Å². The van der Waals surface area contributed by atoms with Crippen LogP contribution in [0.5, 0.6) is 0 Å². The molecule has 0 aromatic rings. The molecule has 0 aromatic carbocycles. The molecule has 0 saturated carbocycles. The van der Waals surface area contributed by atoms with Crippen molar-refractivity contribution in [3.05, 3.63) is 0 Å². The zero-order valence-electron chi connectivity index (χ0n) is 7.85. The second-order valence-corrected chi connectivity index (χ2v) is 4.04. The highest BCUT2D eigenvalue weighted by atomic mass is 16.5. The molecule has 0 amide bonds. The van der Waals surface area contributed by atoms with Gasteiger partial charge in [-0.3, -0.25) is 0 Å². The Hall–Kier alpha value is -0.530. The highest BCUT2D eigenvalue weighted by Gasteiger charge is 2.26. The number of aliphatic imine (C=N–C) groups is 1. The molecule has 0 unspecified atom stereocenters. The number of methoxy groups -OCH3 is 1. The molecular formula is C9H17NO. The highest BCUT2D eigenvalue weighted by Crippen LogP contribution is 2.28. The first-order valence-electron chi connectivity index (χ1n) is 4.16. The van der Waals surface area contributed by atoms with Crippen molar-refractivity contribution in [1.82, 2.24) is 0 Å². The Kier molecular flexibility index (Phi) is 2.21. The molecule has 1 atom stereocenters. The van der Waals surface area contributed by atoms with Gasteiger partial charge in [-0.2, -0.15) is 0 Å². The minimum atomic E-state index is 0.0863. The maximum atomic E-state index is 5.15. The van der Waals surface area contributed by atoms with Gasteiger partial charge in [0.05, 0.1) is 12.6 Å². The van der Waals surface area contributed by atoms with Crippen molar-refractivity contribution >= 4 is 5.90 Å². The van der Waals surface area contributed by atoms with Crippen LogP contribution >= 0.6 is 0 Å². The Bertz CT molecular complexity index is 172. The van der Waals surface area contributed by atoms with Gasteiger partial charge in [0.15, 0.2) is 5.90 Å². The summed E-state index contributed by atoms with van der Waals surface area (Å²) in [4.78, 5) is 4.48. The summed E-state index contributed by atoms with van der Waals surface area (Å²) in [6, 6.07) is 0. The summed E-state index contributed by atoms with van der Waals surface area (Å²) in [6.45, 7) is 6.55. The molecule has 0 bridgehead atoms. The van der Waals surface area contributed by atoms with E-state index in [4.69, 9.17) is 4.74 Å². The van der Waals surface area contributed by atoms with Crippen LogP contribution in [0.25, 0.3) is 0 Å². The number of nitrogens with zero attached hydrogens (tertiary/aromatic N) is 1. The third kappa shape index (κ3) is 2.21. The summed E-state index contributed by atoms with van der Waals surface area (Å²) in [5.41, 5.74) is 0.0863. The quantitative estimate of drug-likeness (QED) is 0.525. The highest BCUT2D eigenvalue weighted by molar-refractivity contribution is 5.77. The maximum absolute atomic E-state index is 5.15. The first kappa shape index (κ1) is 8.57. The topological polar surface area (TPSA) is 21.6 Å². The SMILES string of the molecule is COC1=NC(C)(C)C[C@@H](C)C1. The molecule has 0 aliphatic carbocycles. The lowest BCUT2D eigenvalue weighted by molar-refractivity contribution is 0.302. The van der Waals surface area contributed by atoms with Gasteiger partial charge in [-0.05, 0) is 26.2 Å². The van der Waals surface area contributed by atoms with Crippen LogP contribution in [0, 0.1) is 5.92 Å². The fourth-order valence-corrected chi connectivity index (χ4v) is 1.78. The number of ether oxygens (including phenoxy) is 1. The van der Waals surface area contributed by atoms with Crippen molar-refractivity contribution in [2.75, 3.05) is 7.11 Å². The summed E-state index contributed by atoms with van der Waals surface area (Å²) in [5, 5.41) is 0. The average Bonchev–Trinajstić information content (AvgIpc) is 1.83. The predicted molar refractivity (Wildman–Crippen MR) is 46.9 cm³/mol. The fraction of sp³-hybridized carbons (Fsp3) is 0.889. The summed E-state index contributed by atoms with van der Waals surface area (Å²) >= 11 is 0. The molecule has 0 saturated heterocycles. The van der Waals surface area contributed by atoms with Crippen LogP contribution in [0.3, 0.4) is 0 Å². The van der Waals surface area contributed by atoms with Crippen molar-refractivity contribution in [2.45, 2.75) is 39.2 Å². The Morgan fingerprint density at radius 3 is 2.64 bits per heavy atom. The van der Waals surface area contributed by atoms with Gasteiger partial charge in [0.1, 0.15) is 0 Å². The smallest absolute Gasteiger partial charge is 0.183 e. The molecule has 1 heterocycles. The second kappa shape index (κ2) is 2.84. The Morgan fingerprint density at radius 1 is 1.55 bits per heavy atom. The average molecular weight is 155 g/mol. The standard InChI is InChI=1S/C9H17NO/c1-7-5-8(11-4)10-9(2,3)6-7/h7H,5-6H2,1-4H3/t7-/m0/s1. The van der Waals surface area contributed by atoms with Crippen LogP contribution in [-0.2, 0) is 4.74 Å². The van der Waals surface area contributed by atoms with E-state index >= 15 is 0 Å². The monoisotopic (exact) mass is 155 g/mol. The predicted octanol–water partition coefficient (Wildman–Crippen LogP) is 2.24. The van der Waals surface area contributed by atoms with Gasteiger partial charge < -0.3 is 4.74 Å². The van der Waals surface area contributed by atoms with Crippen LogP contribution in [0.1, 0.15) is 33.6 Å². The Morgan fingerprint density at radius 2 is 2.18 bits per heavy atom. The summed E-state index contributed by atoms with van der Waals surface area (Å²) in [7, 11) is 1.70. The third-order valence-electron chi connectivity index (χ3n) is 2.03. The normalized spacial score (nSPS) is 29.5. The van der Waals surface area contributed by atoms with E-state index in [1.165, 1.54) is 6.42 Å². The summed E-state index contributed by atoms with van der Waals surface area (Å²) in [5.74, 6) is 1.62. The van der Waals surface area contributed by atoms with Gasteiger partial charge >= 0.3 is 0 Å². The van der Waals surface area contributed by atoms with E-state index in [-0.39, 0.29) is 5.54 Å². The first-order valence-corrected chi connectivity index (χ1v) is 4.16. The van der Waals surface area contributed by atoms with E-state index in [1.54, 1.807) is 7.11 Å². The third-order valence-corrected chi connectivity index (χ3v) is 2.03. The molecule has 1 aliphatic heterocycles. The number of hydrogen-bond acceptors (Lipinski definition) is 2. The molecule has 2 heteroatoms. The van der Waals surface area contributed by atoms with Crippen molar-refractivity contribution in [3.8, 4) is 0 Å². The fourth-order valence-electron chi connectivity index (χ4n) is 1.78. The summed E-state index contributed by atoms with van der Waals surface area (Å²) in [6.07, 6.45) is 2.17. The number of rotatable bonds is 0. The molecule has 11 heavy (non-hydrogen) atoms. The van der Waals surface area contributed by atoms with Crippen LogP contribution < -0.4 is 0 Å². The molecule has 0 aromatic heterocycles. The van der Waals surface area contributed by atoms with Gasteiger partial charge in [-0.1, -0.05) is 6.92 Å². The molecule has 1 aliphatic rings. The van der Waals surface area contributed by atoms with Crippen LogP contribution in [0.2, 0.25) is 0 Å². The van der Waals surface area contributed by atoms with Gasteiger partial charge in [0.25, 0.3) is 0 Å². The lowest BCUT2D eigenvalue weighted by atomic mass is 9.87. The maximum Gasteiger partial charge on any atom is 0.183 e. The number of hydrogen-bond donors (Lipinski definition) is 0. The molecule has 2 nitrogen and oxygen atoms in total. The van der Waals surface area contributed by atoms with E-state index in [9.17, 15) is 0 Å². The lowest BCUT2D eigenvalue weighted by Gasteiger charge is -2.29. The Balaban J connectivity index is 2.74. The van der Waals surface area contributed by atoms with E-state index in [2.05, 4.69) is 25.8 Å². The molecule has 64 valence electrons. The van der Waals surface area contributed by atoms with Crippen LogP contribution in [0.4, 0.5) is 0 Å². The van der Waals surface area contributed by atoms with Crippen molar-refractivity contribution in [3.63, 3.8) is 0 Å². The molecule has 0 N–H and O–H groups in total.